The highest BCUT2D eigenvalue weighted by Gasteiger charge is 2.34. The standard InChI is InChI=1S/C45H57N11O6S2/c1-29(26-53(4)5)55-22-19-39(49-55)63(59,60)51-44(58)48-42-35-14-8-11-31(35)24-38-33(16-18-37(38)42)27-54(6)28-45(2,3)56-23-20-40(50-56)64(61,62)52-43(57)47-41-34-13-7-10-30(34)15-17-36(41)32-12-9-21-46-25-32/h9,12,15,17,19-25,29,33H,7-8,10-11,13-14,16,18,26-28H2,1-6H3,(H2,47,52,57)(H2,48,51,58)/t29-,33?/m1/s1. The van der Waals surface area contributed by atoms with Crippen LogP contribution in [0.2, 0.25) is 0 Å². The van der Waals surface area contributed by atoms with Crippen LogP contribution >= 0.6 is 0 Å². The minimum absolute atomic E-state index is 0.0685. The number of amides is 4. The predicted octanol–water partition coefficient (Wildman–Crippen LogP) is 5.66. The molecule has 0 saturated carbocycles. The maximum atomic E-state index is 13.6. The average Bonchev–Trinajstić information content (AvgIpc) is 4.08. The molecule has 4 amide bonds. The molecular formula is C45H57N11O6S2. The van der Waals surface area contributed by atoms with Gasteiger partial charge in [0.15, 0.2) is 10.1 Å². The van der Waals surface area contributed by atoms with Crippen LogP contribution in [0.25, 0.3) is 11.1 Å². The monoisotopic (exact) mass is 911 g/mol. The van der Waals surface area contributed by atoms with E-state index in [2.05, 4.69) is 52.3 Å². The van der Waals surface area contributed by atoms with Gasteiger partial charge < -0.3 is 20.4 Å². The van der Waals surface area contributed by atoms with E-state index < -0.39 is 37.6 Å². The second-order valence-electron chi connectivity index (χ2n) is 18.2. The van der Waals surface area contributed by atoms with Crippen molar-refractivity contribution in [2.75, 3.05) is 51.4 Å². The van der Waals surface area contributed by atoms with Gasteiger partial charge in [-0.1, -0.05) is 24.3 Å². The number of aryl methyl sites for hydroxylation is 2. The van der Waals surface area contributed by atoms with Crippen LogP contribution in [0, 0.1) is 0 Å². The van der Waals surface area contributed by atoms with Gasteiger partial charge in [-0.25, -0.2) is 19.0 Å². The zero-order valence-corrected chi connectivity index (χ0v) is 38.8. The number of rotatable bonds is 15. The first-order valence-corrected chi connectivity index (χ1v) is 24.7. The summed E-state index contributed by atoms with van der Waals surface area (Å²) in [5.74, 6) is 0.142. The van der Waals surface area contributed by atoms with Crippen molar-refractivity contribution in [1.29, 1.82) is 0 Å². The van der Waals surface area contributed by atoms with E-state index in [1.807, 2.05) is 65.0 Å². The SMILES string of the molecule is C[C@H](CN(C)C)n1ccc(S(=O)(=O)NC(=O)Nc2c3c(cc4c2CCC4CN(C)CC(C)(C)n2ccc(S(=O)(=O)NC(=O)Nc4c(-c5cccnc5)ccc5c4CCC5)n2)CCC3)n1. The summed E-state index contributed by atoms with van der Waals surface area (Å²) in [6, 6.07) is 11.0. The van der Waals surface area contributed by atoms with E-state index in [-0.39, 0.29) is 22.0 Å². The fourth-order valence-electron chi connectivity index (χ4n) is 9.74. The molecule has 4 N–H and O–H groups in total. The van der Waals surface area contributed by atoms with E-state index in [1.165, 1.54) is 12.1 Å². The van der Waals surface area contributed by atoms with Gasteiger partial charge in [0.25, 0.3) is 20.0 Å². The topological polar surface area (TPSA) is 206 Å². The summed E-state index contributed by atoms with van der Waals surface area (Å²) >= 11 is 0. The molecule has 5 aromatic rings. The van der Waals surface area contributed by atoms with E-state index >= 15 is 0 Å². The Morgan fingerprint density at radius 2 is 1.47 bits per heavy atom. The van der Waals surface area contributed by atoms with Gasteiger partial charge in [-0.3, -0.25) is 14.3 Å². The smallest absolute Gasteiger partial charge is 0.307 e. The molecule has 0 bridgehead atoms. The van der Waals surface area contributed by atoms with Crippen LogP contribution in [0.5, 0.6) is 0 Å². The van der Waals surface area contributed by atoms with Crippen molar-refractivity contribution in [1.82, 2.24) is 43.8 Å². The largest absolute Gasteiger partial charge is 0.333 e. The van der Waals surface area contributed by atoms with E-state index in [4.69, 9.17) is 0 Å². The molecule has 3 aliphatic carbocycles. The normalized spacial score (nSPS) is 16.4. The number of aromatic nitrogens is 5. The molecule has 64 heavy (non-hydrogen) atoms. The minimum atomic E-state index is -4.33. The van der Waals surface area contributed by atoms with Gasteiger partial charge in [0.2, 0.25) is 0 Å². The van der Waals surface area contributed by atoms with Gasteiger partial charge in [0, 0.05) is 61.2 Å². The number of fused-ring (bicyclic) bond motifs is 3. The van der Waals surface area contributed by atoms with Crippen LogP contribution in [0.3, 0.4) is 0 Å². The molecule has 8 rings (SSSR count). The first kappa shape index (κ1) is 45.0. The van der Waals surface area contributed by atoms with Crippen LogP contribution in [0.15, 0.2) is 77.3 Å². The van der Waals surface area contributed by atoms with Crippen LogP contribution in [-0.4, -0.2) is 104 Å². The molecule has 2 atom stereocenters. The molecule has 0 aliphatic heterocycles. The third-order valence-electron chi connectivity index (χ3n) is 12.5. The maximum Gasteiger partial charge on any atom is 0.333 e. The summed E-state index contributed by atoms with van der Waals surface area (Å²) in [5.41, 5.74) is 8.70. The van der Waals surface area contributed by atoms with E-state index in [1.54, 1.807) is 34.2 Å². The Bertz CT molecular complexity index is 2800. The third-order valence-corrected chi connectivity index (χ3v) is 14.9. The van der Waals surface area contributed by atoms with Crippen molar-refractivity contribution in [3.05, 3.63) is 101 Å². The Morgan fingerprint density at radius 1 is 0.812 bits per heavy atom. The molecule has 340 valence electrons. The lowest BCUT2D eigenvalue weighted by Crippen LogP contribution is -2.41. The Balaban J connectivity index is 0.914. The second-order valence-corrected chi connectivity index (χ2v) is 21.5. The molecule has 0 saturated heterocycles. The lowest BCUT2D eigenvalue weighted by atomic mass is 9.94. The Morgan fingerprint density at radius 3 is 2.16 bits per heavy atom. The Kier molecular flexibility index (Phi) is 12.5. The highest BCUT2D eigenvalue weighted by atomic mass is 32.2. The zero-order valence-electron chi connectivity index (χ0n) is 37.2. The molecule has 1 unspecified atom stereocenters. The van der Waals surface area contributed by atoms with Crippen molar-refractivity contribution in [2.24, 2.45) is 0 Å². The van der Waals surface area contributed by atoms with Crippen LogP contribution in [-0.2, 0) is 57.7 Å². The summed E-state index contributed by atoms with van der Waals surface area (Å²) in [7, 11) is -2.69. The van der Waals surface area contributed by atoms with E-state index in [0.717, 1.165) is 95.9 Å². The van der Waals surface area contributed by atoms with E-state index in [0.29, 0.717) is 31.0 Å². The van der Waals surface area contributed by atoms with Gasteiger partial charge in [-0.2, -0.15) is 27.0 Å². The molecule has 3 aliphatic rings. The number of carbonyl (C=O) groups is 2. The van der Waals surface area contributed by atoms with Gasteiger partial charge in [0.1, 0.15) is 0 Å². The Hall–Kier alpha value is -5.63. The van der Waals surface area contributed by atoms with Gasteiger partial charge in [-0.05, 0) is 151 Å². The number of hydrogen-bond acceptors (Lipinski definition) is 11. The summed E-state index contributed by atoms with van der Waals surface area (Å²) in [4.78, 5) is 35.2. The predicted molar refractivity (Wildman–Crippen MR) is 244 cm³/mol. The van der Waals surface area contributed by atoms with Crippen molar-refractivity contribution >= 4 is 43.5 Å². The van der Waals surface area contributed by atoms with Gasteiger partial charge in [0.05, 0.1) is 17.3 Å². The zero-order chi connectivity index (χ0) is 45.6. The maximum absolute atomic E-state index is 13.6. The number of nitrogens with zero attached hydrogens (tertiary/aromatic N) is 7. The molecular weight excluding hydrogens is 855 g/mol. The number of nitrogens with one attached hydrogen (secondary N) is 4. The molecule has 0 spiro atoms. The van der Waals surface area contributed by atoms with Crippen molar-refractivity contribution in [3.8, 4) is 11.1 Å². The second kappa shape index (κ2) is 17.7. The number of carbonyl (C=O) groups excluding carboxylic acids is 2. The van der Waals surface area contributed by atoms with Crippen molar-refractivity contribution < 1.29 is 26.4 Å². The summed E-state index contributed by atoms with van der Waals surface area (Å²) in [5, 5.41) is 14.0. The van der Waals surface area contributed by atoms with E-state index in [9.17, 15) is 26.4 Å². The molecule has 3 aromatic heterocycles. The average molecular weight is 912 g/mol. The number of urea groups is 2. The Labute approximate surface area is 375 Å². The minimum Gasteiger partial charge on any atom is -0.307 e. The highest BCUT2D eigenvalue weighted by molar-refractivity contribution is 7.90. The first-order valence-electron chi connectivity index (χ1n) is 21.7. The van der Waals surface area contributed by atoms with Crippen molar-refractivity contribution in [3.63, 3.8) is 0 Å². The fraction of sp³-hybridized carbons (Fsp3) is 0.444. The highest BCUT2D eigenvalue weighted by Crippen LogP contribution is 2.44. The molecule has 0 fully saturated rings. The number of benzene rings is 2. The van der Waals surface area contributed by atoms with Crippen LogP contribution in [0.4, 0.5) is 21.0 Å². The lowest BCUT2D eigenvalue weighted by molar-refractivity contribution is 0.188. The number of pyridine rings is 1. The van der Waals surface area contributed by atoms with Gasteiger partial charge in [-0.15, -0.1) is 0 Å². The van der Waals surface area contributed by atoms with Crippen molar-refractivity contribution in [2.45, 2.75) is 99.7 Å². The quantitative estimate of drug-likeness (QED) is 0.101. The lowest BCUT2D eigenvalue weighted by Gasteiger charge is -2.32. The number of sulfonamides is 2. The molecule has 19 heteroatoms. The molecule has 3 heterocycles. The van der Waals surface area contributed by atoms with Gasteiger partial charge >= 0.3 is 12.1 Å². The summed E-state index contributed by atoms with van der Waals surface area (Å²) < 4.78 is 61.2. The number of likely N-dealkylation sites (N-methyl/N-ethyl adjacent to an activating group) is 2. The summed E-state index contributed by atoms with van der Waals surface area (Å²) in [6.45, 7) is 7.75. The number of hydrogen-bond donors (Lipinski definition) is 4. The third kappa shape index (κ3) is 9.43. The summed E-state index contributed by atoms with van der Waals surface area (Å²) in [6.07, 6.45) is 13.4. The first-order chi connectivity index (χ1) is 30.4. The molecule has 17 nitrogen and oxygen atoms in total. The molecule has 2 aromatic carbocycles. The fourth-order valence-corrected chi connectivity index (χ4v) is 11.4. The number of anilines is 2. The van der Waals surface area contributed by atoms with Crippen LogP contribution < -0.4 is 20.1 Å². The van der Waals surface area contributed by atoms with Crippen LogP contribution in [0.1, 0.15) is 85.4 Å². The molecule has 0 radical (unpaired) electrons.